The standard InChI is InChI=1S/C14H18BrN/c15-12-5-3-11(4-6-12)13(9-10-13)14(16)7-1-2-8-14/h3-6H,1-2,7-10,16H2. The van der Waals surface area contributed by atoms with Crippen molar-refractivity contribution >= 4 is 15.9 Å². The van der Waals surface area contributed by atoms with E-state index in [1.54, 1.807) is 0 Å². The van der Waals surface area contributed by atoms with Gasteiger partial charge in [-0.2, -0.15) is 0 Å². The van der Waals surface area contributed by atoms with Crippen LogP contribution < -0.4 is 5.73 Å². The highest BCUT2D eigenvalue weighted by atomic mass is 79.9. The average Bonchev–Trinajstić information content (AvgIpc) is 2.98. The minimum Gasteiger partial charge on any atom is -0.324 e. The van der Waals surface area contributed by atoms with Gasteiger partial charge >= 0.3 is 0 Å². The molecule has 1 nitrogen and oxygen atoms in total. The Morgan fingerprint density at radius 3 is 2.00 bits per heavy atom. The monoisotopic (exact) mass is 279 g/mol. The van der Waals surface area contributed by atoms with Gasteiger partial charge in [0.05, 0.1) is 0 Å². The zero-order valence-corrected chi connectivity index (χ0v) is 11.1. The number of rotatable bonds is 2. The first-order chi connectivity index (χ1) is 7.66. The second-order valence-corrected chi connectivity index (χ2v) is 6.37. The van der Waals surface area contributed by atoms with Gasteiger partial charge in [-0.05, 0) is 43.4 Å². The van der Waals surface area contributed by atoms with Gasteiger partial charge in [0.1, 0.15) is 0 Å². The Bertz CT molecular complexity index is 386. The molecule has 2 fully saturated rings. The average molecular weight is 280 g/mol. The summed E-state index contributed by atoms with van der Waals surface area (Å²) >= 11 is 3.50. The van der Waals surface area contributed by atoms with E-state index in [9.17, 15) is 0 Å². The first-order valence-corrected chi connectivity index (χ1v) is 7.01. The van der Waals surface area contributed by atoms with E-state index in [-0.39, 0.29) is 5.54 Å². The van der Waals surface area contributed by atoms with E-state index in [4.69, 9.17) is 5.73 Å². The summed E-state index contributed by atoms with van der Waals surface area (Å²) in [6.07, 6.45) is 7.62. The van der Waals surface area contributed by atoms with Crippen molar-refractivity contribution in [2.75, 3.05) is 0 Å². The van der Waals surface area contributed by atoms with Gasteiger partial charge in [-0.3, -0.25) is 0 Å². The van der Waals surface area contributed by atoms with E-state index < -0.39 is 0 Å². The number of nitrogens with two attached hydrogens (primary N) is 1. The molecule has 1 aromatic carbocycles. The van der Waals surface area contributed by atoms with Crippen LogP contribution in [0.3, 0.4) is 0 Å². The Hall–Kier alpha value is -0.340. The maximum atomic E-state index is 6.66. The molecule has 2 aliphatic carbocycles. The maximum absolute atomic E-state index is 6.66. The highest BCUT2D eigenvalue weighted by Gasteiger charge is 2.58. The maximum Gasteiger partial charge on any atom is 0.0252 e. The molecule has 2 aliphatic rings. The van der Waals surface area contributed by atoms with Gasteiger partial charge in [0.25, 0.3) is 0 Å². The molecule has 0 aliphatic heterocycles. The largest absolute Gasteiger partial charge is 0.324 e. The molecule has 0 heterocycles. The molecule has 2 saturated carbocycles. The molecule has 0 unspecified atom stereocenters. The van der Waals surface area contributed by atoms with Gasteiger partial charge in [0.15, 0.2) is 0 Å². The van der Waals surface area contributed by atoms with Crippen LogP contribution in [0.25, 0.3) is 0 Å². The van der Waals surface area contributed by atoms with Crippen LogP contribution in [0.5, 0.6) is 0 Å². The van der Waals surface area contributed by atoms with Crippen LogP contribution in [-0.2, 0) is 5.41 Å². The lowest BCUT2D eigenvalue weighted by Gasteiger charge is -2.35. The zero-order valence-electron chi connectivity index (χ0n) is 9.51. The highest BCUT2D eigenvalue weighted by Crippen LogP contribution is 2.59. The van der Waals surface area contributed by atoms with E-state index >= 15 is 0 Å². The van der Waals surface area contributed by atoms with Crippen LogP contribution in [0.4, 0.5) is 0 Å². The minimum absolute atomic E-state index is 0.0842. The molecule has 0 bridgehead atoms. The van der Waals surface area contributed by atoms with Crippen molar-refractivity contribution in [1.82, 2.24) is 0 Å². The summed E-state index contributed by atoms with van der Waals surface area (Å²) in [5.74, 6) is 0. The van der Waals surface area contributed by atoms with Crippen LogP contribution in [0, 0.1) is 0 Å². The predicted molar refractivity (Wildman–Crippen MR) is 70.4 cm³/mol. The molecule has 0 aromatic heterocycles. The third kappa shape index (κ3) is 1.46. The molecular formula is C14H18BrN. The number of hydrogen-bond acceptors (Lipinski definition) is 1. The summed E-state index contributed by atoms with van der Waals surface area (Å²) in [7, 11) is 0. The molecule has 1 aromatic rings. The van der Waals surface area contributed by atoms with Crippen molar-refractivity contribution in [2.45, 2.75) is 49.5 Å². The summed E-state index contributed by atoms with van der Waals surface area (Å²) in [5.41, 5.74) is 8.51. The molecule has 0 saturated heterocycles. The molecule has 0 atom stereocenters. The topological polar surface area (TPSA) is 26.0 Å². The lowest BCUT2D eigenvalue weighted by Crippen LogP contribution is -2.48. The SMILES string of the molecule is NC1(C2(c3ccc(Br)cc3)CC2)CCCC1. The second-order valence-electron chi connectivity index (χ2n) is 5.45. The van der Waals surface area contributed by atoms with Gasteiger partial charge in [0.2, 0.25) is 0 Å². The summed E-state index contributed by atoms with van der Waals surface area (Å²) in [5, 5.41) is 0. The number of hydrogen-bond donors (Lipinski definition) is 1. The Morgan fingerprint density at radius 2 is 1.50 bits per heavy atom. The summed E-state index contributed by atoms with van der Waals surface area (Å²) in [4.78, 5) is 0. The van der Waals surface area contributed by atoms with Crippen LogP contribution in [0.2, 0.25) is 0 Å². The Balaban J connectivity index is 1.96. The first-order valence-electron chi connectivity index (χ1n) is 6.21. The summed E-state index contributed by atoms with van der Waals surface area (Å²) in [6, 6.07) is 8.80. The lowest BCUT2D eigenvalue weighted by molar-refractivity contribution is 0.333. The summed E-state index contributed by atoms with van der Waals surface area (Å²) in [6.45, 7) is 0. The molecule has 86 valence electrons. The third-order valence-corrected chi connectivity index (χ3v) is 5.12. The fraction of sp³-hybridized carbons (Fsp3) is 0.571. The fourth-order valence-electron chi connectivity index (χ4n) is 3.45. The molecule has 0 spiro atoms. The quantitative estimate of drug-likeness (QED) is 0.877. The molecule has 16 heavy (non-hydrogen) atoms. The Morgan fingerprint density at radius 1 is 0.938 bits per heavy atom. The fourth-order valence-corrected chi connectivity index (χ4v) is 3.72. The van der Waals surface area contributed by atoms with Gasteiger partial charge < -0.3 is 5.73 Å². The van der Waals surface area contributed by atoms with E-state index in [1.165, 1.54) is 44.1 Å². The van der Waals surface area contributed by atoms with Crippen molar-refractivity contribution in [1.29, 1.82) is 0 Å². The molecule has 2 N–H and O–H groups in total. The van der Waals surface area contributed by atoms with Crippen molar-refractivity contribution in [3.63, 3.8) is 0 Å². The Labute approximate surface area is 106 Å². The van der Waals surface area contributed by atoms with E-state index in [2.05, 4.69) is 40.2 Å². The molecule has 0 amide bonds. The van der Waals surface area contributed by atoms with Gasteiger partial charge in [-0.1, -0.05) is 40.9 Å². The summed E-state index contributed by atoms with van der Waals surface area (Å²) < 4.78 is 1.16. The van der Waals surface area contributed by atoms with Gasteiger partial charge in [-0.15, -0.1) is 0 Å². The van der Waals surface area contributed by atoms with E-state index in [1.807, 2.05) is 0 Å². The number of benzene rings is 1. The van der Waals surface area contributed by atoms with Crippen LogP contribution in [0.1, 0.15) is 44.1 Å². The molecule has 0 radical (unpaired) electrons. The molecular weight excluding hydrogens is 262 g/mol. The van der Waals surface area contributed by atoms with E-state index in [0.29, 0.717) is 5.41 Å². The van der Waals surface area contributed by atoms with Crippen LogP contribution in [-0.4, -0.2) is 5.54 Å². The number of halogens is 1. The molecule has 3 rings (SSSR count). The highest BCUT2D eigenvalue weighted by molar-refractivity contribution is 9.10. The van der Waals surface area contributed by atoms with Gasteiger partial charge in [-0.25, -0.2) is 0 Å². The van der Waals surface area contributed by atoms with Crippen LogP contribution in [0.15, 0.2) is 28.7 Å². The molecule has 2 heteroatoms. The lowest BCUT2D eigenvalue weighted by atomic mass is 9.75. The smallest absolute Gasteiger partial charge is 0.0252 e. The Kier molecular flexibility index (Phi) is 2.41. The normalized spacial score (nSPS) is 25.6. The van der Waals surface area contributed by atoms with E-state index in [0.717, 1.165) is 4.47 Å². The van der Waals surface area contributed by atoms with Crippen molar-refractivity contribution in [3.05, 3.63) is 34.3 Å². The second kappa shape index (κ2) is 3.58. The minimum atomic E-state index is 0.0842. The first kappa shape index (κ1) is 10.8. The van der Waals surface area contributed by atoms with Gasteiger partial charge in [0, 0.05) is 15.4 Å². The predicted octanol–water partition coefficient (Wildman–Crippen LogP) is 3.75. The van der Waals surface area contributed by atoms with Crippen molar-refractivity contribution in [2.24, 2.45) is 5.73 Å². The van der Waals surface area contributed by atoms with Crippen LogP contribution >= 0.6 is 15.9 Å². The zero-order chi connectivity index (χ0) is 11.2. The van der Waals surface area contributed by atoms with Crippen molar-refractivity contribution in [3.8, 4) is 0 Å². The third-order valence-electron chi connectivity index (χ3n) is 4.60. The van der Waals surface area contributed by atoms with Crippen molar-refractivity contribution < 1.29 is 0 Å².